The van der Waals surface area contributed by atoms with Gasteiger partial charge in [-0.05, 0) is 58.1 Å². The van der Waals surface area contributed by atoms with Gasteiger partial charge in [-0.3, -0.25) is 0 Å². The second kappa shape index (κ2) is 6.06. The molecule has 2 heteroatoms. The maximum Gasteiger partial charge on any atom is 0.0641 e. The highest BCUT2D eigenvalue weighted by atomic mass is 16.5. The number of aryl methyl sites for hydroxylation is 1. The zero-order chi connectivity index (χ0) is 13.9. The summed E-state index contributed by atoms with van der Waals surface area (Å²) in [4.78, 5) is 0. The molecule has 0 spiro atoms. The maximum atomic E-state index is 5.77. The Morgan fingerprint density at radius 1 is 1.37 bits per heavy atom. The zero-order valence-electron chi connectivity index (χ0n) is 12.7. The van der Waals surface area contributed by atoms with E-state index in [4.69, 9.17) is 4.74 Å². The molecule has 0 saturated carbocycles. The monoisotopic (exact) mass is 261 g/mol. The van der Waals surface area contributed by atoms with Crippen LogP contribution in [0.4, 0.5) is 0 Å². The van der Waals surface area contributed by atoms with Crippen molar-refractivity contribution in [3.8, 4) is 0 Å². The summed E-state index contributed by atoms with van der Waals surface area (Å²) in [5, 5.41) is 3.77. The van der Waals surface area contributed by atoms with Gasteiger partial charge in [-0.15, -0.1) is 0 Å². The third kappa shape index (κ3) is 4.32. The number of rotatable bonds is 4. The number of nitrogens with one attached hydrogen (secondary N) is 1. The van der Waals surface area contributed by atoms with Crippen molar-refractivity contribution in [2.24, 2.45) is 0 Å². The molecule has 0 amide bonds. The highest BCUT2D eigenvalue weighted by Crippen LogP contribution is 2.24. The van der Waals surface area contributed by atoms with Crippen LogP contribution in [0.15, 0.2) is 24.3 Å². The van der Waals surface area contributed by atoms with Crippen molar-refractivity contribution in [1.29, 1.82) is 0 Å². The topological polar surface area (TPSA) is 21.3 Å². The van der Waals surface area contributed by atoms with Crippen LogP contribution < -0.4 is 5.32 Å². The van der Waals surface area contributed by atoms with E-state index >= 15 is 0 Å². The first-order valence-corrected chi connectivity index (χ1v) is 7.41. The van der Waals surface area contributed by atoms with Gasteiger partial charge in [0.15, 0.2) is 0 Å². The molecule has 1 saturated heterocycles. The van der Waals surface area contributed by atoms with Crippen LogP contribution in [0, 0.1) is 6.92 Å². The quantitative estimate of drug-likeness (QED) is 0.896. The first-order chi connectivity index (χ1) is 8.96. The predicted octanol–water partition coefficient (Wildman–Crippen LogP) is 3.47. The second-order valence-electron chi connectivity index (χ2n) is 6.50. The predicted molar refractivity (Wildman–Crippen MR) is 80.5 cm³/mol. The minimum atomic E-state index is 0.0261. The van der Waals surface area contributed by atoms with Crippen LogP contribution in [0.3, 0.4) is 0 Å². The average Bonchev–Trinajstić information content (AvgIpc) is 2.30. The summed E-state index contributed by atoms with van der Waals surface area (Å²) in [5.74, 6) is 0. The lowest BCUT2D eigenvalue weighted by atomic mass is 9.92. The van der Waals surface area contributed by atoms with Gasteiger partial charge >= 0.3 is 0 Å². The molecule has 2 unspecified atom stereocenters. The summed E-state index contributed by atoms with van der Waals surface area (Å²) in [6.07, 6.45) is 3.33. The fraction of sp³-hybridized carbons (Fsp3) is 0.647. The number of benzene rings is 1. The minimum absolute atomic E-state index is 0.0261. The molecule has 0 bridgehead atoms. The van der Waals surface area contributed by atoms with Gasteiger partial charge in [0.2, 0.25) is 0 Å². The summed E-state index contributed by atoms with van der Waals surface area (Å²) in [7, 11) is 0. The normalized spacial score (nSPS) is 24.1. The van der Waals surface area contributed by atoms with E-state index in [2.05, 4.69) is 57.3 Å². The minimum Gasteiger partial charge on any atom is -0.375 e. The maximum absolute atomic E-state index is 5.77. The van der Waals surface area contributed by atoms with Crippen LogP contribution >= 0.6 is 0 Å². The van der Waals surface area contributed by atoms with Crippen molar-refractivity contribution in [3.63, 3.8) is 0 Å². The number of hydrogen-bond donors (Lipinski definition) is 1. The lowest BCUT2D eigenvalue weighted by molar-refractivity contribution is -0.0639. The number of ether oxygens (including phenoxy) is 1. The van der Waals surface area contributed by atoms with Crippen molar-refractivity contribution in [1.82, 2.24) is 5.32 Å². The summed E-state index contributed by atoms with van der Waals surface area (Å²) in [5.41, 5.74) is 2.87. The van der Waals surface area contributed by atoms with Crippen molar-refractivity contribution >= 4 is 0 Å². The molecule has 0 radical (unpaired) electrons. The summed E-state index contributed by atoms with van der Waals surface area (Å²) in [6, 6.07) is 9.77. The number of hydrogen-bond acceptors (Lipinski definition) is 2. The Labute approximate surface area is 117 Å². The van der Waals surface area contributed by atoms with E-state index in [-0.39, 0.29) is 5.60 Å². The molecule has 1 aliphatic rings. The SMILES string of the molecule is Cc1ccccc1CC(C)NC1CCOC(C)(C)C1. The fourth-order valence-corrected chi connectivity index (χ4v) is 3.00. The van der Waals surface area contributed by atoms with Gasteiger partial charge < -0.3 is 10.1 Å². The van der Waals surface area contributed by atoms with Crippen molar-refractivity contribution in [2.45, 2.75) is 64.6 Å². The van der Waals surface area contributed by atoms with Crippen LogP contribution in [0.5, 0.6) is 0 Å². The van der Waals surface area contributed by atoms with Gasteiger partial charge in [-0.1, -0.05) is 24.3 Å². The fourth-order valence-electron chi connectivity index (χ4n) is 3.00. The molecule has 1 N–H and O–H groups in total. The van der Waals surface area contributed by atoms with Crippen LogP contribution in [0.1, 0.15) is 44.7 Å². The zero-order valence-corrected chi connectivity index (χ0v) is 12.7. The van der Waals surface area contributed by atoms with Crippen LogP contribution in [-0.2, 0) is 11.2 Å². The van der Waals surface area contributed by atoms with E-state index < -0.39 is 0 Å². The average molecular weight is 261 g/mol. The van der Waals surface area contributed by atoms with Gasteiger partial charge in [0.1, 0.15) is 0 Å². The van der Waals surface area contributed by atoms with Crippen molar-refractivity contribution < 1.29 is 4.74 Å². The molecule has 2 rings (SSSR count). The first-order valence-electron chi connectivity index (χ1n) is 7.41. The van der Waals surface area contributed by atoms with Gasteiger partial charge in [-0.2, -0.15) is 0 Å². The van der Waals surface area contributed by atoms with Gasteiger partial charge in [0.05, 0.1) is 5.60 Å². The molecule has 0 aliphatic carbocycles. The van der Waals surface area contributed by atoms with Crippen LogP contribution in [0.25, 0.3) is 0 Å². The Kier molecular flexibility index (Phi) is 4.64. The summed E-state index contributed by atoms with van der Waals surface area (Å²) < 4.78 is 5.77. The van der Waals surface area contributed by atoms with Gasteiger partial charge in [0, 0.05) is 18.7 Å². The van der Waals surface area contributed by atoms with Crippen molar-refractivity contribution in [3.05, 3.63) is 35.4 Å². The van der Waals surface area contributed by atoms with Gasteiger partial charge in [-0.25, -0.2) is 0 Å². The smallest absolute Gasteiger partial charge is 0.0641 e. The van der Waals surface area contributed by atoms with E-state index in [9.17, 15) is 0 Å². The van der Waals surface area contributed by atoms with E-state index in [0.29, 0.717) is 12.1 Å². The van der Waals surface area contributed by atoms with Crippen LogP contribution in [-0.4, -0.2) is 24.3 Å². The Morgan fingerprint density at radius 3 is 2.79 bits per heavy atom. The Morgan fingerprint density at radius 2 is 2.11 bits per heavy atom. The molecule has 1 aliphatic heterocycles. The molecule has 106 valence electrons. The van der Waals surface area contributed by atoms with Crippen LogP contribution in [0.2, 0.25) is 0 Å². The molecule has 1 fully saturated rings. The molecule has 1 heterocycles. The Hall–Kier alpha value is -0.860. The largest absolute Gasteiger partial charge is 0.375 e. The summed E-state index contributed by atoms with van der Waals surface area (Å²) in [6.45, 7) is 9.73. The van der Waals surface area contributed by atoms with E-state index in [1.807, 2.05) is 0 Å². The molecule has 2 nitrogen and oxygen atoms in total. The van der Waals surface area contributed by atoms with E-state index in [1.54, 1.807) is 0 Å². The first kappa shape index (κ1) is 14.5. The second-order valence-corrected chi connectivity index (χ2v) is 6.50. The summed E-state index contributed by atoms with van der Waals surface area (Å²) >= 11 is 0. The lowest BCUT2D eigenvalue weighted by Gasteiger charge is -2.37. The molecule has 1 aromatic rings. The molecule has 19 heavy (non-hydrogen) atoms. The van der Waals surface area contributed by atoms with Crippen molar-refractivity contribution in [2.75, 3.05) is 6.61 Å². The molecule has 1 aromatic carbocycles. The third-order valence-corrected chi connectivity index (χ3v) is 4.00. The third-order valence-electron chi connectivity index (χ3n) is 4.00. The highest BCUT2D eigenvalue weighted by Gasteiger charge is 2.29. The molecule has 2 atom stereocenters. The lowest BCUT2D eigenvalue weighted by Crippen LogP contribution is -2.47. The van der Waals surface area contributed by atoms with Gasteiger partial charge in [0.25, 0.3) is 0 Å². The molecular formula is C17H27NO. The van der Waals surface area contributed by atoms with E-state index in [1.165, 1.54) is 11.1 Å². The molecule has 0 aromatic heterocycles. The Bertz CT molecular complexity index is 413. The Balaban J connectivity index is 1.88. The highest BCUT2D eigenvalue weighted by molar-refractivity contribution is 5.26. The van der Waals surface area contributed by atoms with E-state index in [0.717, 1.165) is 25.9 Å². The standard InChI is InChI=1S/C17H27NO/c1-13-7-5-6-8-15(13)11-14(2)18-16-9-10-19-17(3,4)12-16/h5-8,14,16,18H,9-12H2,1-4H3. The molecular weight excluding hydrogens is 234 g/mol.